The molecule has 1 aromatic heterocycles. The summed E-state index contributed by atoms with van der Waals surface area (Å²) in [5.74, 6) is 0.345. The van der Waals surface area contributed by atoms with Crippen molar-refractivity contribution in [2.75, 3.05) is 5.43 Å². The summed E-state index contributed by atoms with van der Waals surface area (Å²) in [5, 5.41) is 15.0. The highest BCUT2D eigenvalue weighted by Crippen LogP contribution is 2.26. The number of nitrogens with zero attached hydrogens (tertiary/aromatic N) is 4. The van der Waals surface area contributed by atoms with Crippen LogP contribution < -0.4 is 5.43 Å². The fraction of sp³-hybridized carbons (Fsp3) is 0. The minimum absolute atomic E-state index is 0.0307. The number of hydrazone groups is 1. The number of benzene rings is 3. The molecular weight excluding hydrogens is 458 g/mol. The van der Waals surface area contributed by atoms with Gasteiger partial charge < -0.3 is 0 Å². The van der Waals surface area contributed by atoms with Gasteiger partial charge in [0.25, 0.3) is 5.69 Å². The van der Waals surface area contributed by atoms with E-state index in [0.717, 1.165) is 27.0 Å². The Balaban J connectivity index is 1.63. The van der Waals surface area contributed by atoms with E-state index in [0.29, 0.717) is 11.5 Å². The van der Waals surface area contributed by atoms with Gasteiger partial charge in [-0.2, -0.15) is 5.10 Å². The largest absolute Gasteiger partial charge is 0.269 e. The molecule has 0 fully saturated rings. The fourth-order valence-electron chi connectivity index (χ4n) is 2.87. The second kappa shape index (κ2) is 9.27. The van der Waals surface area contributed by atoms with Crippen LogP contribution in [-0.4, -0.2) is 21.1 Å². The van der Waals surface area contributed by atoms with Crippen LogP contribution in [0, 0.1) is 10.1 Å². The van der Waals surface area contributed by atoms with E-state index in [4.69, 9.17) is 0 Å². The summed E-state index contributed by atoms with van der Waals surface area (Å²) in [6, 6.07) is 25.7. The van der Waals surface area contributed by atoms with E-state index in [1.807, 2.05) is 60.7 Å². The molecule has 0 amide bonds. The van der Waals surface area contributed by atoms with Gasteiger partial charge in [-0.15, -0.1) is 0 Å². The molecule has 0 saturated carbocycles. The third-order valence-corrected chi connectivity index (χ3v) is 4.95. The van der Waals surface area contributed by atoms with Gasteiger partial charge in [0, 0.05) is 27.7 Å². The smallest absolute Gasteiger partial charge is 0.258 e. The van der Waals surface area contributed by atoms with Crippen LogP contribution in [0.1, 0.15) is 5.56 Å². The van der Waals surface area contributed by atoms with Crippen molar-refractivity contribution in [2.45, 2.75) is 0 Å². The van der Waals surface area contributed by atoms with Crippen molar-refractivity contribution in [3.05, 3.63) is 105 Å². The van der Waals surface area contributed by atoms with E-state index in [2.05, 4.69) is 36.4 Å². The lowest BCUT2D eigenvalue weighted by Crippen LogP contribution is -2.00. The van der Waals surface area contributed by atoms with E-state index < -0.39 is 4.92 Å². The van der Waals surface area contributed by atoms with E-state index in [1.54, 1.807) is 18.3 Å². The van der Waals surface area contributed by atoms with E-state index in [9.17, 15) is 10.1 Å². The Bertz CT molecular complexity index is 1230. The number of nitrogens with one attached hydrogen (secondary N) is 1. The number of aromatic nitrogens is 2. The number of hydrogen-bond donors (Lipinski definition) is 1. The first-order valence-corrected chi connectivity index (χ1v) is 10.1. The summed E-state index contributed by atoms with van der Waals surface area (Å²) in [4.78, 5) is 19.5. The van der Waals surface area contributed by atoms with Crippen LogP contribution >= 0.6 is 15.9 Å². The van der Waals surface area contributed by atoms with Crippen LogP contribution in [0.2, 0.25) is 0 Å². The van der Waals surface area contributed by atoms with Crippen molar-refractivity contribution in [2.24, 2.45) is 5.10 Å². The fourth-order valence-corrected chi connectivity index (χ4v) is 3.13. The molecular formula is C23H16BrN5O2. The van der Waals surface area contributed by atoms with Crippen molar-refractivity contribution >= 4 is 33.8 Å². The van der Waals surface area contributed by atoms with Gasteiger partial charge in [0.1, 0.15) is 0 Å². The lowest BCUT2D eigenvalue weighted by atomic mass is 10.1. The van der Waals surface area contributed by atoms with Crippen molar-refractivity contribution in [1.29, 1.82) is 0 Å². The van der Waals surface area contributed by atoms with Crippen LogP contribution in [0.4, 0.5) is 11.6 Å². The highest BCUT2D eigenvalue weighted by atomic mass is 79.9. The van der Waals surface area contributed by atoms with Gasteiger partial charge in [-0.1, -0.05) is 58.4 Å². The molecule has 0 saturated heterocycles. The summed E-state index contributed by atoms with van der Waals surface area (Å²) in [5.41, 5.74) is 7.05. The first-order chi connectivity index (χ1) is 15.1. The van der Waals surface area contributed by atoms with Crippen LogP contribution in [0.3, 0.4) is 0 Å². The van der Waals surface area contributed by atoms with Crippen molar-refractivity contribution < 1.29 is 4.92 Å². The summed E-state index contributed by atoms with van der Waals surface area (Å²) < 4.78 is 0.986. The third kappa shape index (κ3) is 5.18. The summed E-state index contributed by atoms with van der Waals surface area (Å²) in [6.45, 7) is 0. The molecule has 0 spiro atoms. The number of nitro groups is 1. The van der Waals surface area contributed by atoms with Gasteiger partial charge in [0.05, 0.1) is 22.5 Å². The average Bonchev–Trinajstić information content (AvgIpc) is 2.80. The normalized spacial score (nSPS) is 10.9. The lowest BCUT2D eigenvalue weighted by molar-refractivity contribution is -0.384. The molecule has 31 heavy (non-hydrogen) atoms. The highest BCUT2D eigenvalue weighted by molar-refractivity contribution is 9.10. The lowest BCUT2D eigenvalue weighted by Gasteiger charge is -2.08. The molecule has 0 aliphatic heterocycles. The Hall–Kier alpha value is -3.91. The molecule has 0 bridgehead atoms. The average molecular weight is 474 g/mol. The second-order valence-electron chi connectivity index (χ2n) is 6.55. The molecule has 3 aromatic carbocycles. The Morgan fingerprint density at radius 3 is 2.10 bits per heavy atom. The second-order valence-corrected chi connectivity index (χ2v) is 7.47. The SMILES string of the molecule is O=[N+]([O-])c1ccc(C=NNc2nc(-c3ccccc3)cc(-c3ccc(Br)cc3)n2)cc1. The minimum Gasteiger partial charge on any atom is -0.258 e. The number of rotatable bonds is 6. The standard InChI is InChI=1S/C23H16BrN5O2/c24-19-10-8-18(9-11-19)22-14-21(17-4-2-1-3-5-17)26-23(27-22)28-25-15-16-6-12-20(13-7-16)29(30)31/h1-15H,(H,26,27,28). The first kappa shape index (κ1) is 20.4. The van der Waals surface area contributed by atoms with Crippen molar-refractivity contribution in [3.63, 3.8) is 0 Å². The van der Waals surface area contributed by atoms with Crippen molar-refractivity contribution in [3.8, 4) is 22.5 Å². The molecule has 152 valence electrons. The quantitative estimate of drug-likeness (QED) is 0.213. The zero-order chi connectivity index (χ0) is 21.6. The van der Waals surface area contributed by atoms with Gasteiger partial charge in [-0.25, -0.2) is 15.4 Å². The van der Waals surface area contributed by atoms with E-state index in [-0.39, 0.29) is 5.69 Å². The van der Waals surface area contributed by atoms with Crippen LogP contribution in [0.15, 0.2) is 94.5 Å². The molecule has 1 N–H and O–H groups in total. The molecule has 0 aliphatic carbocycles. The molecule has 0 radical (unpaired) electrons. The monoisotopic (exact) mass is 473 g/mol. The number of halogens is 1. The molecule has 4 aromatic rings. The highest BCUT2D eigenvalue weighted by Gasteiger charge is 2.09. The Labute approximate surface area is 186 Å². The zero-order valence-electron chi connectivity index (χ0n) is 16.1. The minimum atomic E-state index is -0.439. The molecule has 0 atom stereocenters. The zero-order valence-corrected chi connectivity index (χ0v) is 17.7. The molecule has 4 rings (SSSR count). The molecule has 7 nitrogen and oxygen atoms in total. The third-order valence-electron chi connectivity index (χ3n) is 4.42. The predicted molar refractivity (Wildman–Crippen MR) is 125 cm³/mol. The maximum Gasteiger partial charge on any atom is 0.269 e. The summed E-state index contributed by atoms with van der Waals surface area (Å²) in [7, 11) is 0. The number of anilines is 1. The Morgan fingerprint density at radius 1 is 0.871 bits per heavy atom. The topological polar surface area (TPSA) is 93.3 Å². The summed E-state index contributed by atoms with van der Waals surface area (Å²) in [6.07, 6.45) is 1.56. The van der Waals surface area contributed by atoms with Gasteiger partial charge >= 0.3 is 0 Å². The van der Waals surface area contributed by atoms with Crippen molar-refractivity contribution in [1.82, 2.24) is 9.97 Å². The van der Waals surface area contributed by atoms with E-state index in [1.165, 1.54) is 12.1 Å². The van der Waals surface area contributed by atoms with Gasteiger partial charge in [0.2, 0.25) is 5.95 Å². The maximum atomic E-state index is 10.8. The maximum absolute atomic E-state index is 10.8. The Morgan fingerprint density at radius 2 is 1.48 bits per heavy atom. The number of nitro benzene ring substituents is 1. The van der Waals surface area contributed by atoms with Crippen LogP contribution in [0.5, 0.6) is 0 Å². The van der Waals surface area contributed by atoms with Crippen LogP contribution in [-0.2, 0) is 0 Å². The van der Waals surface area contributed by atoms with E-state index >= 15 is 0 Å². The molecule has 0 unspecified atom stereocenters. The molecule has 0 aliphatic rings. The van der Waals surface area contributed by atoms with Gasteiger partial charge in [0.15, 0.2) is 0 Å². The van der Waals surface area contributed by atoms with Gasteiger partial charge in [-0.3, -0.25) is 10.1 Å². The first-order valence-electron chi connectivity index (χ1n) is 9.32. The van der Waals surface area contributed by atoms with Crippen LogP contribution in [0.25, 0.3) is 22.5 Å². The number of non-ortho nitro benzene ring substituents is 1. The summed E-state index contributed by atoms with van der Waals surface area (Å²) >= 11 is 3.45. The van der Waals surface area contributed by atoms with Gasteiger partial charge in [-0.05, 0) is 35.9 Å². The number of hydrogen-bond acceptors (Lipinski definition) is 6. The predicted octanol–water partition coefficient (Wildman–Crippen LogP) is 5.93. The Kier molecular flexibility index (Phi) is 6.09. The molecule has 1 heterocycles. The molecule has 8 heteroatoms.